The highest BCUT2D eigenvalue weighted by molar-refractivity contribution is 5.71. The summed E-state index contributed by atoms with van der Waals surface area (Å²) in [5, 5.41) is 0. The van der Waals surface area contributed by atoms with Crippen molar-refractivity contribution in [3.8, 4) is 5.75 Å². The SMILES string of the molecule is C=Cc1cc(N=c2[nH]c(=O)n(CC(C)C(=O)OC)c(=O)n2Cc2ccc(C)cc2)ccc1OC(C)C. The number of rotatable bonds is 9. The summed E-state index contributed by atoms with van der Waals surface area (Å²) in [4.78, 5) is 45.6. The molecule has 2 aromatic carbocycles. The van der Waals surface area contributed by atoms with E-state index in [0.29, 0.717) is 11.4 Å². The minimum atomic E-state index is -0.687. The molecule has 0 spiro atoms. The first-order valence-electron chi connectivity index (χ1n) is 11.7. The summed E-state index contributed by atoms with van der Waals surface area (Å²) in [5.41, 5.74) is 2.01. The van der Waals surface area contributed by atoms with Crippen LogP contribution in [0, 0.1) is 12.8 Å². The first-order chi connectivity index (χ1) is 17.1. The quantitative estimate of drug-likeness (QED) is 0.462. The number of H-pyrrole nitrogens is 1. The number of nitrogens with one attached hydrogen (secondary N) is 1. The maximum absolute atomic E-state index is 13.5. The number of nitrogens with zero attached hydrogens (tertiary/aromatic N) is 3. The second-order valence-electron chi connectivity index (χ2n) is 8.85. The Labute approximate surface area is 209 Å². The van der Waals surface area contributed by atoms with Crippen LogP contribution in [0.3, 0.4) is 0 Å². The Morgan fingerprint density at radius 1 is 1.11 bits per heavy atom. The lowest BCUT2D eigenvalue weighted by Gasteiger charge is -2.14. The highest BCUT2D eigenvalue weighted by atomic mass is 16.5. The molecule has 0 fully saturated rings. The highest BCUT2D eigenvalue weighted by Crippen LogP contribution is 2.26. The number of aromatic amines is 1. The zero-order valence-corrected chi connectivity index (χ0v) is 21.3. The summed E-state index contributed by atoms with van der Waals surface area (Å²) in [7, 11) is 1.26. The zero-order chi connectivity index (χ0) is 26.4. The van der Waals surface area contributed by atoms with E-state index in [2.05, 4.69) is 16.6 Å². The molecule has 1 N–H and O–H groups in total. The van der Waals surface area contributed by atoms with E-state index < -0.39 is 23.3 Å². The lowest BCUT2D eigenvalue weighted by Crippen LogP contribution is -2.51. The van der Waals surface area contributed by atoms with Crippen molar-refractivity contribution < 1.29 is 14.3 Å². The number of benzene rings is 2. The standard InChI is InChI=1S/C27H32N4O5/c1-7-21-14-22(12-13-23(21)36-17(2)3)28-25-29-26(33)31(15-19(5)24(32)35-6)27(34)30(25)16-20-10-8-18(4)9-11-20/h7-14,17,19H,1,15-16H2,2-6H3,(H,28,29,33). The van der Waals surface area contributed by atoms with E-state index in [9.17, 15) is 14.4 Å². The molecule has 9 heteroatoms. The van der Waals surface area contributed by atoms with Gasteiger partial charge in [-0.15, -0.1) is 0 Å². The van der Waals surface area contributed by atoms with Gasteiger partial charge in [-0.25, -0.2) is 19.1 Å². The molecule has 0 aliphatic heterocycles. The van der Waals surface area contributed by atoms with E-state index >= 15 is 0 Å². The maximum Gasteiger partial charge on any atom is 0.335 e. The van der Waals surface area contributed by atoms with E-state index in [1.807, 2.05) is 45.0 Å². The van der Waals surface area contributed by atoms with Gasteiger partial charge in [0.15, 0.2) is 0 Å². The molecule has 0 aliphatic carbocycles. The first-order valence-corrected chi connectivity index (χ1v) is 11.7. The van der Waals surface area contributed by atoms with Crippen molar-refractivity contribution in [1.29, 1.82) is 0 Å². The number of hydrogen-bond donors (Lipinski definition) is 1. The fourth-order valence-corrected chi connectivity index (χ4v) is 3.62. The van der Waals surface area contributed by atoms with Gasteiger partial charge in [0, 0.05) is 12.1 Å². The largest absolute Gasteiger partial charge is 0.490 e. The Bertz CT molecular complexity index is 1430. The normalized spacial score (nSPS) is 12.4. The summed E-state index contributed by atoms with van der Waals surface area (Å²) < 4.78 is 12.9. The summed E-state index contributed by atoms with van der Waals surface area (Å²) in [5.74, 6) is -0.541. The highest BCUT2D eigenvalue weighted by Gasteiger charge is 2.18. The van der Waals surface area contributed by atoms with Crippen molar-refractivity contribution >= 4 is 17.7 Å². The Kier molecular flexibility index (Phi) is 8.47. The number of aryl methyl sites for hydroxylation is 1. The van der Waals surface area contributed by atoms with E-state index in [0.717, 1.165) is 21.3 Å². The summed E-state index contributed by atoms with van der Waals surface area (Å²) >= 11 is 0. The number of methoxy groups -OCH3 is 1. The molecule has 0 amide bonds. The number of carbonyl (C=O) groups excluding carboxylic acids is 1. The molecule has 0 radical (unpaired) electrons. The van der Waals surface area contributed by atoms with Crippen molar-refractivity contribution in [2.75, 3.05) is 7.11 Å². The van der Waals surface area contributed by atoms with Gasteiger partial charge in [0.2, 0.25) is 5.62 Å². The van der Waals surface area contributed by atoms with Crippen molar-refractivity contribution in [3.05, 3.63) is 92.3 Å². The van der Waals surface area contributed by atoms with Crippen LogP contribution in [0.25, 0.3) is 6.08 Å². The molecule has 9 nitrogen and oxygen atoms in total. The van der Waals surface area contributed by atoms with Gasteiger partial charge < -0.3 is 9.47 Å². The van der Waals surface area contributed by atoms with Crippen LogP contribution in [0.4, 0.5) is 5.69 Å². The predicted octanol–water partition coefficient (Wildman–Crippen LogP) is 3.17. The molecular weight excluding hydrogens is 460 g/mol. The van der Waals surface area contributed by atoms with Gasteiger partial charge in [-0.3, -0.25) is 14.3 Å². The molecule has 0 bridgehead atoms. The Morgan fingerprint density at radius 3 is 2.42 bits per heavy atom. The Balaban J connectivity index is 2.18. The molecule has 36 heavy (non-hydrogen) atoms. The van der Waals surface area contributed by atoms with Gasteiger partial charge in [-0.1, -0.05) is 49.4 Å². The Morgan fingerprint density at radius 2 is 1.81 bits per heavy atom. The van der Waals surface area contributed by atoms with Crippen molar-refractivity contribution in [3.63, 3.8) is 0 Å². The van der Waals surface area contributed by atoms with Gasteiger partial charge in [-0.2, -0.15) is 0 Å². The third-order valence-corrected chi connectivity index (χ3v) is 5.51. The molecule has 1 unspecified atom stereocenters. The molecular formula is C27H32N4O5. The van der Waals surface area contributed by atoms with Crippen LogP contribution >= 0.6 is 0 Å². The van der Waals surface area contributed by atoms with Crippen LogP contribution in [0.15, 0.2) is 63.6 Å². The minimum absolute atomic E-state index is 0.0144. The van der Waals surface area contributed by atoms with Gasteiger partial charge in [0.25, 0.3) is 0 Å². The van der Waals surface area contributed by atoms with Crippen LogP contribution in [-0.4, -0.2) is 33.3 Å². The van der Waals surface area contributed by atoms with Gasteiger partial charge >= 0.3 is 17.3 Å². The number of esters is 1. The third-order valence-electron chi connectivity index (χ3n) is 5.51. The van der Waals surface area contributed by atoms with Crippen molar-refractivity contribution in [1.82, 2.24) is 14.1 Å². The van der Waals surface area contributed by atoms with Crippen LogP contribution in [-0.2, 0) is 22.6 Å². The lowest BCUT2D eigenvalue weighted by atomic mass is 10.1. The average Bonchev–Trinajstić information content (AvgIpc) is 2.85. The first kappa shape index (κ1) is 26.5. The fraction of sp³-hybridized carbons (Fsp3) is 0.333. The maximum atomic E-state index is 13.5. The molecule has 1 heterocycles. The molecule has 0 aliphatic rings. The fourth-order valence-electron chi connectivity index (χ4n) is 3.62. The van der Waals surface area contributed by atoms with Crippen LogP contribution in [0.2, 0.25) is 0 Å². The topological polar surface area (TPSA) is 108 Å². The third kappa shape index (κ3) is 6.29. The average molecular weight is 493 g/mol. The number of carbonyl (C=O) groups is 1. The van der Waals surface area contributed by atoms with E-state index in [-0.39, 0.29) is 24.8 Å². The number of aromatic nitrogens is 3. The van der Waals surface area contributed by atoms with E-state index in [4.69, 9.17) is 9.47 Å². The molecule has 1 atom stereocenters. The smallest absolute Gasteiger partial charge is 0.335 e. The van der Waals surface area contributed by atoms with Crippen LogP contribution in [0.1, 0.15) is 37.5 Å². The molecule has 3 aromatic rings. The number of hydrogen-bond acceptors (Lipinski definition) is 6. The molecule has 1 aromatic heterocycles. The second kappa shape index (κ2) is 11.5. The van der Waals surface area contributed by atoms with Crippen molar-refractivity contribution in [2.24, 2.45) is 10.9 Å². The van der Waals surface area contributed by atoms with Crippen molar-refractivity contribution in [2.45, 2.75) is 46.9 Å². The Hall–Kier alpha value is -4.14. The predicted molar refractivity (Wildman–Crippen MR) is 138 cm³/mol. The molecule has 0 saturated heterocycles. The van der Waals surface area contributed by atoms with Crippen LogP contribution in [0.5, 0.6) is 5.75 Å². The van der Waals surface area contributed by atoms with Gasteiger partial charge in [0.1, 0.15) is 5.75 Å². The van der Waals surface area contributed by atoms with Gasteiger partial charge in [-0.05, 0) is 44.5 Å². The zero-order valence-electron chi connectivity index (χ0n) is 21.3. The minimum Gasteiger partial charge on any atom is -0.490 e. The van der Waals surface area contributed by atoms with E-state index in [1.54, 1.807) is 31.2 Å². The monoisotopic (exact) mass is 492 g/mol. The summed E-state index contributed by atoms with van der Waals surface area (Å²) in [6.07, 6.45) is 1.64. The lowest BCUT2D eigenvalue weighted by molar-refractivity contribution is -0.145. The number of ether oxygens (including phenoxy) is 2. The molecule has 190 valence electrons. The van der Waals surface area contributed by atoms with Crippen LogP contribution < -0.4 is 21.7 Å². The molecule has 3 rings (SSSR count). The second-order valence-corrected chi connectivity index (χ2v) is 8.85. The molecule has 0 saturated carbocycles. The van der Waals surface area contributed by atoms with E-state index in [1.165, 1.54) is 11.7 Å². The van der Waals surface area contributed by atoms with Gasteiger partial charge in [0.05, 0.1) is 31.4 Å². The summed E-state index contributed by atoms with van der Waals surface area (Å²) in [6.45, 7) is 11.3. The summed E-state index contributed by atoms with van der Waals surface area (Å²) in [6, 6.07) is 13.0.